The summed E-state index contributed by atoms with van der Waals surface area (Å²) in [5.41, 5.74) is 0. The molecule has 0 spiro atoms. The Balaban J connectivity index is 0.00000243. The van der Waals surface area contributed by atoms with Crippen molar-refractivity contribution in [3.8, 4) is 0 Å². The van der Waals surface area contributed by atoms with Crippen LogP contribution in [0.15, 0.2) is 38.4 Å². The number of halogens is 2. The normalized spacial score (nSPS) is 15.6. The molecule has 1 fully saturated rings. The molecule has 0 aromatic carbocycles. The predicted molar refractivity (Wildman–Crippen MR) is 130 cm³/mol. The maximum Gasteiger partial charge on any atom is 0.191 e. The molecule has 144 valence electrons. The van der Waals surface area contributed by atoms with Gasteiger partial charge in [-0.2, -0.15) is 0 Å². The van der Waals surface area contributed by atoms with E-state index in [-0.39, 0.29) is 24.0 Å². The third-order valence-electron chi connectivity index (χ3n) is 4.25. The summed E-state index contributed by atoms with van der Waals surface area (Å²) in [7, 11) is 0. The lowest BCUT2D eigenvalue weighted by Gasteiger charge is -2.33. The van der Waals surface area contributed by atoms with Crippen LogP contribution in [0.2, 0.25) is 0 Å². The van der Waals surface area contributed by atoms with Gasteiger partial charge in [0.1, 0.15) is 0 Å². The van der Waals surface area contributed by atoms with Crippen molar-refractivity contribution in [3.05, 3.63) is 38.3 Å². The zero-order valence-electron chi connectivity index (χ0n) is 14.9. The van der Waals surface area contributed by atoms with Gasteiger partial charge in [-0.05, 0) is 65.3 Å². The van der Waals surface area contributed by atoms with E-state index in [1.54, 1.807) is 11.3 Å². The molecule has 3 heterocycles. The summed E-state index contributed by atoms with van der Waals surface area (Å²) in [5, 5.41) is 10.6. The quantitative estimate of drug-likeness (QED) is 0.294. The Morgan fingerprint density at radius 3 is 2.73 bits per heavy atom. The van der Waals surface area contributed by atoms with Gasteiger partial charge in [0, 0.05) is 43.5 Å². The second-order valence-electron chi connectivity index (χ2n) is 6.07. The number of rotatable bonds is 6. The van der Waals surface area contributed by atoms with Gasteiger partial charge >= 0.3 is 0 Å². The molecule has 8 heteroatoms. The number of thiophene rings is 2. The molecule has 0 amide bonds. The number of piperidine rings is 1. The minimum Gasteiger partial charge on any atom is -0.363 e. The molecule has 26 heavy (non-hydrogen) atoms. The topological polar surface area (TPSA) is 39.7 Å². The van der Waals surface area contributed by atoms with Gasteiger partial charge in [-0.15, -0.1) is 46.7 Å². The van der Waals surface area contributed by atoms with Crippen LogP contribution in [0.3, 0.4) is 0 Å². The lowest BCUT2D eigenvalue weighted by atomic mass is 10.1. The van der Waals surface area contributed by atoms with Crippen LogP contribution < -0.4 is 15.5 Å². The largest absolute Gasteiger partial charge is 0.363 e. The van der Waals surface area contributed by atoms with Crippen molar-refractivity contribution in [2.75, 3.05) is 31.1 Å². The van der Waals surface area contributed by atoms with E-state index in [0.717, 1.165) is 51.4 Å². The van der Waals surface area contributed by atoms with Crippen LogP contribution in [0, 0.1) is 0 Å². The van der Waals surface area contributed by atoms with E-state index in [9.17, 15) is 0 Å². The molecule has 0 atom stereocenters. The van der Waals surface area contributed by atoms with Gasteiger partial charge in [-0.3, -0.25) is 4.99 Å². The number of hydrogen-bond donors (Lipinski definition) is 2. The summed E-state index contributed by atoms with van der Waals surface area (Å²) in [6, 6.07) is 9.13. The highest BCUT2D eigenvalue weighted by Crippen LogP contribution is 2.25. The van der Waals surface area contributed by atoms with E-state index in [1.807, 2.05) is 11.3 Å². The minimum absolute atomic E-state index is 0. The van der Waals surface area contributed by atoms with E-state index in [1.165, 1.54) is 13.7 Å². The van der Waals surface area contributed by atoms with Crippen LogP contribution in [0.5, 0.6) is 0 Å². The molecule has 0 unspecified atom stereocenters. The first-order valence-electron chi connectivity index (χ1n) is 8.82. The number of nitrogens with one attached hydrogen (secondary N) is 2. The maximum absolute atomic E-state index is 4.76. The monoisotopic (exact) mass is 568 g/mol. The molecule has 2 N–H and O–H groups in total. The zero-order valence-corrected chi connectivity index (χ0v) is 20.5. The van der Waals surface area contributed by atoms with Crippen LogP contribution in [0.1, 0.15) is 24.6 Å². The number of aliphatic imine (C=N–C) groups is 1. The standard InChI is InChI=1S/C18H25BrN4S2.HI/c1-2-20-18(21-10-7-15-5-6-16(19)25-15)22-14-8-11-23(12-9-14)17-4-3-13-24-17;/h3-6,13-14H,2,7-12H2,1H3,(H2,20,21,22);1H. The van der Waals surface area contributed by atoms with Crippen LogP contribution in [-0.4, -0.2) is 38.2 Å². The third kappa shape index (κ3) is 6.69. The van der Waals surface area contributed by atoms with Crippen LogP contribution >= 0.6 is 62.6 Å². The van der Waals surface area contributed by atoms with E-state index >= 15 is 0 Å². The van der Waals surface area contributed by atoms with Crippen molar-refractivity contribution in [3.63, 3.8) is 0 Å². The van der Waals surface area contributed by atoms with Crippen molar-refractivity contribution >= 4 is 73.5 Å². The highest BCUT2D eigenvalue weighted by atomic mass is 127. The average molecular weight is 569 g/mol. The molecule has 1 aliphatic rings. The highest BCUT2D eigenvalue weighted by molar-refractivity contribution is 14.0. The van der Waals surface area contributed by atoms with Crippen molar-refractivity contribution < 1.29 is 0 Å². The zero-order chi connectivity index (χ0) is 17.5. The van der Waals surface area contributed by atoms with Crippen LogP contribution in [-0.2, 0) is 6.42 Å². The second-order valence-corrected chi connectivity index (χ2v) is 9.55. The fraction of sp³-hybridized carbons (Fsp3) is 0.500. The average Bonchev–Trinajstić information content (AvgIpc) is 3.28. The molecule has 0 aliphatic carbocycles. The summed E-state index contributed by atoms with van der Waals surface area (Å²) in [6.45, 7) is 6.05. The number of hydrogen-bond acceptors (Lipinski definition) is 4. The maximum atomic E-state index is 4.76. The van der Waals surface area contributed by atoms with Crippen molar-refractivity contribution in [2.45, 2.75) is 32.2 Å². The van der Waals surface area contributed by atoms with Gasteiger partial charge in [-0.25, -0.2) is 0 Å². The molecule has 0 radical (unpaired) electrons. The van der Waals surface area contributed by atoms with Gasteiger partial charge in [0.25, 0.3) is 0 Å². The van der Waals surface area contributed by atoms with Crippen LogP contribution in [0.25, 0.3) is 0 Å². The molecule has 2 aromatic heterocycles. The fourth-order valence-corrected chi connectivity index (χ4v) is 5.23. The number of nitrogens with zero attached hydrogens (tertiary/aromatic N) is 2. The Kier molecular flexibility index (Phi) is 9.73. The molecule has 0 bridgehead atoms. The first-order chi connectivity index (χ1) is 12.2. The summed E-state index contributed by atoms with van der Waals surface area (Å²) >= 11 is 7.14. The SMILES string of the molecule is CCNC(=NCCc1ccc(Br)s1)NC1CCN(c2cccs2)CC1.I. The van der Waals surface area contributed by atoms with Gasteiger partial charge in [0.2, 0.25) is 0 Å². The molecule has 1 aliphatic heterocycles. The van der Waals surface area contributed by atoms with E-state index in [4.69, 9.17) is 4.99 Å². The molecule has 0 saturated carbocycles. The third-order valence-corrected chi connectivity index (χ3v) is 6.87. The Bertz CT molecular complexity index is 667. The van der Waals surface area contributed by atoms with Crippen molar-refractivity contribution in [2.24, 2.45) is 4.99 Å². The summed E-state index contributed by atoms with van der Waals surface area (Å²) in [4.78, 5) is 8.61. The summed E-state index contributed by atoms with van der Waals surface area (Å²) in [6.07, 6.45) is 3.30. The molecular formula is C18H26BrIN4S2. The van der Waals surface area contributed by atoms with E-state index in [2.05, 4.69) is 68.0 Å². The van der Waals surface area contributed by atoms with Gasteiger partial charge in [-0.1, -0.05) is 0 Å². The van der Waals surface area contributed by atoms with Gasteiger partial charge < -0.3 is 15.5 Å². The van der Waals surface area contributed by atoms with E-state index in [0.29, 0.717) is 6.04 Å². The molecule has 2 aromatic rings. The Hall–Kier alpha value is -0.320. The van der Waals surface area contributed by atoms with Crippen LogP contribution in [0.4, 0.5) is 5.00 Å². The molecule has 1 saturated heterocycles. The fourth-order valence-electron chi connectivity index (χ4n) is 2.97. The lowest BCUT2D eigenvalue weighted by Crippen LogP contribution is -2.48. The Morgan fingerprint density at radius 1 is 1.31 bits per heavy atom. The summed E-state index contributed by atoms with van der Waals surface area (Å²) < 4.78 is 1.19. The Morgan fingerprint density at radius 2 is 2.12 bits per heavy atom. The molecular weight excluding hydrogens is 543 g/mol. The first kappa shape index (κ1) is 22.0. The van der Waals surface area contributed by atoms with Crippen molar-refractivity contribution in [1.29, 1.82) is 0 Å². The van der Waals surface area contributed by atoms with E-state index < -0.39 is 0 Å². The molecule has 4 nitrogen and oxygen atoms in total. The summed E-state index contributed by atoms with van der Waals surface area (Å²) in [5.74, 6) is 0.952. The number of anilines is 1. The smallest absolute Gasteiger partial charge is 0.191 e. The number of guanidine groups is 1. The molecule has 3 rings (SSSR count). The Labute approximate surface area is 189 Å². The predicted octanol–water partition coefficient (Wildman–Crippen LogP) is 4.96. The first-order valence-corrected chi connectivity index (χ1v) is 11.3. The second kappa shape index (κ2) is 11.5. The van der Waals surface area contributed by atoms with Crippen molar-refractivity contribution in [1.82, 2.24) is 10.6 Å². The lowest BCUT2D eigenvalue weighted by molar-refractivity contribution is 0.463. The van der Waals surface area contributed by atoms with Gasteiger partial charge in [0.15, 0.2) is 5.96 Å². The van der Waals surface area contributed by atoms with Gasteiger partial charge in [0.05, 0.1) is 8.79 Å². The highest BCUT2D eigenvalue weighted by Gasteiger charge is 2.20. The minimum atomic E-state index is 0.